The number of rotatable bonds is 5. The molecule has 1 N–H and O–H groups in total. The molecule has 0 aliphatic carbocycles. The van der Waals surface area contributed by atoms with Crippen LogP contribution >= 0.6 is 23.4 Å². The first-order chi connectivity index (χ1) is 13.1. The van der Waals surface area contributed by atoms with Crippen molar-refractivity contribution < 1.29 is 4.79 Å². The lowest BCUT2D eigenvalue weighted by molar-refractivity contribution is -0.113. The fourth-order valence-corrected chi connectivity index (χ4v) is 3.41. The quantitative estimate of drug-likeness (QED) is 0.501. The largest absolute Gasteiger partial charge is 0.325 e. The number of aryl methyl sites for hydroxylation is 1. The van der Waals surface area contributed by atoms with Crippen LogP contribution in [-0.2, 0) is 4.79 Å². The van der Waals surface area contributed by atoms with Crippen LogP contribution in [0.2, 0.25) is 5.02 Å². The molecule has 0 aliphatic rings. The van der Waals surface area contributed by atoms with Crippen molar-refractivity contribution in [3.8, 4) is 17.5 Å². The molecule has 0 bridgehead atoms. The first-order valence-corrected chi connectivity index (χ1v) is 9.45. The van der Waals surface area contributed by atoms with Crippen molar-refractivity contribution in [1.82, 2.24) is 9.97 Å². The van der Waals surface area contributed by atoms with E-state index in [-0.39, 0.29) is 11.7 Å². The Labute approximate surface area is 166 Å². The summed E-state index contributed by atoms with van der Waals surface area (Å²) in [6.45, 7) is 1.77. The van der Waals surface area contributed by atoms with Gasteiger partial charge in [0.1, 0.15) is 16.7 Å². The number of nitrogens with zero attached hydrogens (tertiary/aromatic N) is 3. The Balaban J connectivity index is 1.78. The molecule has 1 aromatic heterocycles. The molecule has 27 heavy (non-hydrogen) atoms. The van der Waals surface area contributed by atoms with Crippen molar-refractivity contribution in [2.75, 3.05) is 11.1 Å². The van der Waals surface area contributed by atoms with E-state index in [0.29, 0.717) is 32.8 Å². The van der Waals surface area contributed by atoms with E-state index in [9.17, 15) is 10.1 Å². The summed E-state index contributed by atoms with van der Waals surface area (Å²) in [6.07, 6.45) is 0. The molecule has 0 fully saturated rings. The van der Waals surface area contributed by atoms with Crippen molar-refractivity contribution in [2.24, 2.45) is 0 Å². The summed E-state index contributed by atoms with van der Waals surface area (Å²) in [5.74, 6) is 0.444. The topological polar surface area (TPSA) is 78.7 Å². The highest BCUT2D eigenvalue weighted by molar-refractivity contribution is 8.00. The Kier molecular flexibility index (Phi) is 6.07. The van der Waals surface area contributed by atoms with Crippen molar-refractivity contribution in [1.29, 1.82) is 5.26 Å². The van der Waals surface area contributed by atoms with Crippen LogP contribution < -0.4 is 5.32 Å². The van der Waals surface area contributed by atoms with Crippen LogP contribution in [0.5, 0.6) is 0 Å². The Bertz CT molecular complexity index is 1020. The van der Waals surface area contributed by atoms with Gasteiger partial charge in [0.25, 0.3) is 0 Å². The molecule has 0 atom stereocenters. The number of halogens is 1. The van der Waals surface area contributed by atoms with E-state index >= 15 is 0 Å². The summed E-state index contributed by atoms with van der Waals surface area (Å²) in [6, 6.07) is 18.6. The van der Waals surface area contributed by atoms with E-state index in [0.717, 1.165) is 5.56 Å². The first kappa shape index (κ1) is 18.9. The molecule has 1 heterocycles. The molecule has 2 aromatic carbocycles. The summed E-state index contributed by atoms with van der Waals surface area (Å²) < 4.78 is 0. The van der Waals surface area contributed by atoms with E-state index in [2.05, 4.69) is 21.4 Å². The number of hydrogen-bond acceptors (Lipinski definition) is 5. The van der Waals surface area contributed by atoms with Gasteiger partial charge >= 0.3 is 0 Å². The van der Waals surface area contributed by atoms with Crippen LogP contribution in [-0.4, -0.2) is 21.6 Å². The first-order valence-electron chi connectivity index (χ1n) is 8.09. The normalized spacial score (nSPS) is 10.3. The van der Waals surface area contributed by atoms with Gasteiger partial charge in [-0.2, -0.15) is 5.26 Å². The number of nitrogens with one attached hydrogen (secondary N) is 1. The number of carbonyl (C=O) groups is 1. The maximum atomic E-state index is 12.2. The molecule has 0 aliphatic heterocycles. The lowest BCUT2D eigenvalue weighted by atomic mass is 10.2. The van der Waals surface area contributed by atoms with Crippen molar-refractivity contribution >= 4 is 35.0 Å². The van der Waals surface area contributed by atoms with Crippen LogP contribution in [0.15, 0.2) is 59.6 Å². The zero-order valence-corrected chi connectivity index (χ0v) is 16.0. The van der Waals surface area contributed by atoms with E-state index in [1.54, 1.807) is 31.2 Å². The molecular weight excluding hydrogens is 380 g/mol. The van der Waals surface area contributed by atoms with Gasteiger partial charge in [-0.15, -0.1) is 0 Å². The van der Waals surface area contributed by atoms with Gasteiger partial charge in [-0.3, -0.25) is 4.79 Å². The third-order valence-corrected chi connectivity index (χ3v) is 4.86. The second-order valence-corrected chi connectivity index (χ2v) is 7.04. The lowest BCUT2D eigenvalue weighted by Crippen LogP contribution is -2.14. The van der Waals surface area contributed by atoms with E-state index in [1.807, 2.05) is 30.3 Å². The number of amides is 1. The molecule has 1 amide bonds. The molecular formula is C20H15ClN4OS. The summed E-state index contributed by atoms with van der Waals surface area (Å²) >= 11 is 7.13. The van der Waals surface area contributed by atoms with Gasteiger partial charge in [-0.05, 0) is 25.1 Å². The molecule has 3 rings (SSSR count). The molecule has 0 saturated carbocycles. The Morgan fingerprint density at radius 1 is 1.19 bits per heavy atom. The fourth-order valence-electron chi connectivity index (χ4n) is 2.39. The molecule has 5 nitrogen and oxygen atoms in total. The lowest BCUT2D eigenvalue weighted by Gasteiger charge is -2.09. The number of anilines is 1. The van der Waals surface area contributed by atoms with Crippen molar-refractivity contribution in [3.63, 3.8) is 0 Å². The van der Waals surface area contributed by atoms with Gasteiger partial charge < -0.3 is 5.32 Å². The van der Waals surface area contributed by atoms with Crippen molar-refractivity contribution in [3.05, 3.63) is 70.9 Å². The smallest absolute Gasteiger partial charge is 0.234 e. The average Bonchev–Trinajstić information content (AvgIpc) is 2.66. The van der Waals surface area contributed by atoms with Crippen molar-refractivity contribution in [2.45, 2.75) is 11.9 Å². The number of carbonyl (C=O) groups excluding carboxylic acids is 1. The van der Waals surface area contributed by atoms with Gasteiger partial charge in [0.05, 0.1) is 11.4 Å². The number of benzene rings is 2. The zero-order valence-electron chi connectivity index (χ0n) is 14.4. The number of thioether (sulfide) groups is 1. The predicted molar refractivity (Wildman–Crippen MR) is 108 cm³/mol. The summed E-state index contributed by atoms with van der Waals surface area (Å²) in [5, 5.41) is 13.3. The Morgan fingerprint density at radius 2 is 1.96 bits per heavy atom. The molecule has 134 valence electrons. The Hall–Kier alpha value is -2.88. The van der Waals surface area contributed by atoms with E-state index < -0.39 is 0 Å². The van der Waals surface area contributed by atoms with Gasteiger partial charge in [0.15, 0.2) is 5.82 Å². The standard InChI is InChI=1S/C20H15ClN4OS/c1-13-17(11-22)20(25-19(23-13)14-6-3-2-4-7-14)27-12-18(26)24-16-9-5-8-15(21)10-16/h2-10H,12H2,1H3,(H,24,26). The summed E-state index contributed by atoms with van der Waals surface area (Å²) in [7, 11) is 0. The molecule has 3 aromatic rings. The molecule has 7 heteroatoms. The zero-order chi connectivity index (χ0) is 19.2. The third-order valence-electron chi connectivity index (χ3n) is 3.65. The monoisotopic (exact) mass is 394 g/mol. The number of hydrogen-bond donors (Lipinski definition) is 1. The van der Waals surface area contributed by atoms with Gasteiger partial charge in [0.2, 0.25) is 5.91 Å². The van der Waals surface area contributed by atoms with Crippen LogP contribution in [0.3, 0.4) is 0 Å². The second kappa shape index (κ2) is 8.67. The molecule has 0 radical (unpaired) electrons. The van der Waals surface area contributed by atoms with E-state index in [1.165, 1.54) is 11.8 Å². The maximum absolute atomic E-state index is 12.2. The SMILES string of the molecule is Cc1nc(-c2ccccc2)nc(SCC(=O)Nc2cccc(Cl)c2)c1C#N. The van der Waals surface area contributed by atoms with Crippen LogP contribution in [0.1, 0.15) is 11.3 Å². The highest BCUT2D eigenvalue weighted by atomic mass is 35.5. The highest BCUT2D eigenvalue weighted by Gasteiger charge is 2.15. The van der Waals surface area contributed by atoms with Crippen LogP contribution in [0, 0.1) is 18.3 Å². The maximum Gasteiger partial charge on any atom is 0.234 e. The fraction of sp³-hybridized carbons (Fsp3) is 0.100. The minimum absolute atomic E-state index is 0.117. The summed E-state index contributed by atoms with van der Waals surface area (Å²) in [4.78, 5) is 21.1. The van der Waals surface area contributed by atoms with Gasteiger partial charge in [-0.25, -0.2) is 9.97 Å². The van der Waals surface area contributed by atoms with Crippen LogP contribution in [0.4, 0.5) is 5.69 Å². The minimum atomic E-state index is -0.205. The molecule has 0 spiro atoms. The molecule has 0 unspecified atom stereocenters. The minimum Gasteiger partial charge on any atom is -0.325 e. The van der Waals surface area contributed by atoms with E-state index in [4.69, 9.17) is 11.6 Å². The predicted octanol–water partition coefficient (Wildman–Crippen LogP) is 4.71. The number of nitriles is 1. The van der Waals surface area contributed by atoms with Gasteiger partial charge in [-0.1, -0.05) is 59.8 Å². The second-order valence-electron chi connectivity index (χ2n) is 5.64. The highest BCUT2D eigenvalue weighted by Crippen LogP contribution is 2.26. The Morgan fingerprint density at radius 3 is 2.67 bits per heavy atom. The third kappa shape index (κ3) is 4.85. The average molecular weight is 395 g/mol. The summed E-state index contributed by atoms with van der Waals surface area (Å²) in [5.41, 5.74) is 2.45. The number of aromatic nitrogens is 2. The molecule has 0 saturated heterocycles. The van der Waals surface area contributed by atoms with Gasteiger partial charge in [0, 0.05) is 16.3 Å². The van der Waals surface area contributed by atoms with Crippen LogP contribution in [0.25, 0.3) is 11.4 Å².